The van der Waals surface area contributed by atoms with Gasteiger partial charge in [0.05, 0.1) is 30.4 Å². The van der Waals surface area contributed by atoms with Crippen molar-refractivity contribution in [2.45, 2.75) is 19.4 Å². The summed E-state index contributed by atoms with van der Waals surface area (Å²) >= 11 is 4.99. The van der Waals surface area contributed by atoms with Gasteiger partial charge in [0.15, 0.2) is 5.78 Å². The molecule has 2 N–H and O–H groups in total. The van der Waals surface area contributed by atoms with Crippen LogP contribution in [0.15, 0.2) is 71.2 Å². The molecule has 42 heavy (non-hydrogen) atoms. The van der Waals surface area contributed by atoms with Crippen LogP contribution in [-0.4, -0.2) is 73.6 Å². The van der Waals surface area contributed by atoms with Crippen LogP contribution in [0.4, 0.5) is 5.69 Å². The molecule has 1 fully saturated rings. The first-order chi connectivity index (χ1) is 20.3. The van der Waals surface area contributed by atoms with Crippen LogP contribution in [0.5, 0.6) is 0 Å². The summed E-state index contributed by atoms with van der Waals surface area (Å²) in [4.78, 5) is 40.3. The van der Waals surface area contributed by atoms with E-state index in [-0.39, 0.29) is 25.0 Å². The van der Waals surface area contributed by atoms with E-state index >= 15 is 0 Å². The van der Waals surface area contributed by atoms with Gasteiger partial charge >= 0.3 is 11.9 Å². The third-order valence-corrected chi connectivity index (χ3v) is 8.49. The van der Waals surface area contributed by atoms with Crippen molar-refractivity contribution < 1.29 is 28.6 Å². The third kappa shape index (κ3) is 8.91. The van der Waals surface area contributed by atoms with Gasteiger partial charge in [0.25, 0.3) is 0 Å². The molecule has 3 aromatic rings. The van der Waals surface area contributed by atoms with E-state index in [2.05, 4.69) is 20.8 Å². The molecule has 0 bridgehead atoms. The average Bonchev–Trinajstić information content (AvgIpc) is 3.02. The number of hydrogen-bond acceptors (Lipinski definition) is 9. The molecular weight excluding hydrogens is 620 g/mol. The fraction of sp³-hybridized carbons (Fsp3) is 0.344. The summed E-state index contributed by atoms with van der Waals surface area (Å²) in [7, 11) is 0. The number of halogens is 1. The highest BCUT2D eigenvalue weighted by Crippen LogP contribution is 2.27. The Balaban J connectivity index is 1.17. The summed E-state index contributed by atoms with van der Waals surface area (Å²) in [6.45, 7) is 5.88. The quantitative estimate of drug-likeness (QED) is 0.113. The van der Waals surface area contributed by atoms with Gasteiger partial charge in [-0.2, -0.15) is 11.8 Å². The maximum absolute atomic E-state index is 12.8. The molecule has 0 radical (unpaired) electrons. The van der Waals surface area contributed by atoms with Gasteiger partial charge in [0, 0.05) is 46.7 Å². The van der Waals surface area contributed by atoms with Gasteiger partial charge in [0.1, 0.15) is 13.2 Å². The second-order valence-electron chi connectivity index (χ2n) is 9.88. The van der Waals surface area contributed by atoms with Crippen LogP contribution in [0.3, 0.4) is 0 Å². The van der Waals surface area contributed by atoms with Crippen LogP contribution >= 0.6 is 27.7 Å². The molecular formula is C32H35BrN2O6S. The summed E-state index contributed by atoms with van der Waals surface area (Å²) in [6.07, 6.45) is 0. The number of morpholine rings is 1. The van der Waals surface area contributed by atoms with Crippen molar-refractivity contribution in [1.82, 2.24) is 4.90 Å². The van der Waals surface area contributed by atoms with Gasteiger partial charge in [0.2, 0.25) is 0 Å². The largest absolute Gasteiger partial charge is 0.464 e. The Hall–Kier alpha value is -3.18. The predicted octanol–water partition coefficient (Wildman–Crippen LogP) is 5.33. The number of carbonyl (C=O) groups excluding carboxylic acids is 3. The number of thioether (sulfide) groups is 1. The highest BCUT2D eigenvalue weighted by molar-refractivity contribution is 9.10. The zero-order chi connectivity index (χ0) is 29.9. The fourth-order valence-electron chi connectivity index (χ4n) is 4.47. The Morgan fingerprint density at radius 1 is 0.929 bits per heavy atom. The van der Waals surface area contributed by atoms with E-state index in [1.165, 1.54) is 11.8 Å². The number of nitrogens with two attached hydrogens (primary N) is 1. The molecule has 1 saturated heterocycles. The zero-order valence-corrected chi connectivity index (χ0v) is 26.0. The van der Waals surface area contributed by atoms with Crippen LogP contribution < -0.4 is 5.73 Å². The first-order valence-corrected chi connectivity index (χ1v) is 15.8. The Morgan fingerprint density at radius 2 is 1.62 bits per heavy atom. The highest BCUT2D eigenvalue weighted by atomic mass is 79.9. The minimum Gasteiger partial charge on any atom is -0.464 e. The molecule has 0 saturated carbocycles. The van der Waals surface area contributed by atoms with Gasteiger partial charge in [-0.1, -0.05) is 48.5 Å². The van der Waals surface area contributed by atoms with Crippen LogP contribution in [0.2, 0.25) is 0 Å². The zero-order valence-electron chi connectivity index (χ0n) is 23.6. The van der Waals surface area contributed by atoms with Gasteiger partial charge in [-0.15, -0.1) is 0 Å². The molecule has 1 aliphatic heterocycles. The van der Waals surface area contributed by atoms with Crippen molar-refractivity contribution in [1.29, 1.82) is 0 Å². The number of carbonyl (C=O) groups is 3. The summed E-state index contributed by atoms with van der Waals surface area (Å²) in [6, 6.07) is 19.6. The Labute approximate surface area is 259 Å². The second-order valence-corrected chi connectivity index (χ2v) is 12.0. The van der Waals surface area contributed by atoms with Gasteiger partial charge in [-0.3, -0.25) is 14.5 Å². The molecule has 10 heteroatoms. The highest BCUT2D eigenvalue weighted by Gasteiger charge is 2.19. The van der Waals surface area contributed by atoms with Crippen LogP contribution in [0, 0.1) is 0 Å². The van der Waals surface area contributed by atoms with Crippen molar-refractivity contribution in [3.8, 4) is 0 Å². The van der Waals surface area contributed by atoms with Crippen molar-refractivity contribution >= 4 is 51.1 Å². The second kappa shape index (κ2) is 15.9. The van der Waals surface area contributed by atoms with E-state index in [1.807, 2.05) is 24.3 Å². The van der Waals surface area contributed by atoms with Gasteiger partial charge in [-0.05, 0) is 52.2 Å². The number of benzene rings is 3. The Bertz CT molecular complexity index is 1380. The van der Waals surface area contributed by atoms with Gasteiger partial charge < -0.3 is 19.9 Å². The Kier molecular flexibility index (Phi) is 12.0. The molecule has 0 amide bonds. The number of rotatable bonds is 13. The predicted molar refractivity (Wildman–Crippen MR) is 168 cm³/mol. The third-order valence-electron chi connectivity index (χ3n) is 6.92. The van der Waals surface area contributed by atoms with Crippen LogP contribution in [0.25, 0.3) is 0 Å². The number of nitrogens with zero attached hydrogens (tertiary/aromatic N) is 1. The average molecular weight is 656 g/mol. The first-order valence-electron chi connectivity index (χ1n) is 13.8. The summed E-state index contributed by atoms with van der Waals surface area (Å²) < 4.78 is 17.0. The van der Waals surface area contributed by atoms with Crippen LogP contribution in [-0.2, 0) is 25.5 Å². The van der Waals surface area contributed by atoms with E-state index in [0.717, 1.165) is 24.2 Å². The molecule has 0 aromatic heterocycles. The lowest BCUT2D eigenvalue weighted by Gasteiger charge is -2.27. The molecule has 222 valence electrons. The number of esters is 2. The van der Waals surface area contributed by atoms with E-state index in [1.54, 1.807) is 49.4 Å². The molecule has 1 heterocycles. The molecule has 0 aliphatic carbocycles. The normalized spacial score (nSPS) is 14.2. The lowest BCUT2D eigenvalue weighted by Crippen LogP contribution is -2.35. The summed E-state index contributed by atoms with van der Waals surface area (Å²) in [5.41, 5.74) is 10.0. The molecule has 1 atom stereocenters. The first kappa shape index (κ1) is 31.7. The number of hydrogen-bond donors (Lipinski definition) is 1. The van der Waals surface area contributed by atoms with Gasteiger partial charge in [-0.25, -0.2) is 4.79 Å². The number of ether oxygens (including phenoxy) is 3. The molecule has 0 spiro atoms. The number of nitrogen functional groups attached to an aromatic ring is 1. The minimum absolute atomic E-state index is 0.0902. The summed E-state index contributed by atoms with van der Waals surface area (Å²) in [5.74, 6) is -0.223. The number of anilines is 1. The smallest absolute Gasteiger partial charge is 0.338 e. The molecule has 1 unspecified atom stereocenters. The van der Waals surface area contributed by atoms with Crippen molar-refractivity contribution in [3.63, 3.8) is 0 Å². The number of ketones is 1. The monoisotopic (exact) mass is 654 g/mol. The summed E-state index contributed by atoms with van der Waals surface area (Å²) in [5, 5.41) is 0. The topological polar surface area (TPSA) is 108 Å². The molecule has 3 aromatic carbocycles. The fourth-order valence-corrected chi connectivity index (χ4v) is 5.58. The SMILES string of the molecule is CC(C(=O)OCCSCCOC(=O)c1cc(Br)c(N)c(CN2CCOCC2)c1)c1cccc(C(=O)c2ccccc2)c1. The Morgan fingerprint density at radius 3 is 2.36 bits per heavy atom. The lowest BCUT2D eigenvalue weighted by atomic mass is 9.96. The standard InChI is InChI=1S/C32H35BrN2O6S/c1-22(24-8-5-9-25(18-24)30(36)23-6-3-2-4-7-23)31(37)40-14-16-42-17-15-41-32(38)26-19-27(29(34)28(33)20-26)21-35-10-12-39-13-11-35/h2-9,18-20,22H,10-17,21,34H2,1H3. The van der Waals surface area contributed by atoms with Crippen molar-refractivity contribution in [3.05, 3.63) is 99.0 Å². The minimum atomic E-state index is -0.508. The molecule has 1 aliphatic rings. The van der Waals surface area contributed by atoms with E-state index < -0.39 is 11.9 Å². The van der Waals surface area contributed by atoms with Crippen molar-refractivity contribution in [2.24, 2.45) is 0 Å². The lowest BCUT2D eigenvalue weighted by molar-refractivity contribution is -0.144. The van der Waals surface area contributed by atoms with E-state index in [9.17, 15) is 14.4 Å². The maximum atomic E-state index is 12.8. The molecule has 8 nitrogen and oxygen atoms in total. The van der Waals surface area contributed by atoms with E-state index in [0.29, 0.717) is 58.1 Å². The van der Waals surface area contributed by atoms with Crippen LogP contribution in [0.1, 0.15) is 50.2 Å². The van der Waals surface area contributed by atoms with E-state index in [4.69, 9.17) is 19.9 Å². The van der Waals surface area contributed by atoms with Crippen molar-refractivity contribution in [2.75, 3.05) is 56.8 Å². The maximum Gasteiger partial charge on any atom is 0.338 e. The molecule has 4 rings (SSSR count).